The summed E-state index contributed by atoms with van der Waals surface area (Å²) < 4.78 is 10.6. The summed E-state index contributed by atoms with van der Waals surface area (Å²) in [4.78, 5) is 11.5. The van der Waals surface area contributed by atoms with Crippen LogP contribution in [-0.2, 0) is 9.53 Å². The van der Waals surface area contributed by atoms with Crippen molar-refractivity contribution in [2.75, 3.05) is 13.7 Å². The monoisotopic (exact) mass is 318 g/mol. The van der Waals surface area contributed by atoms with Crippen LogP contribution in [0.15, 0.2) is 24.3 Å². The molecule has 0 amide bonds. The molecule has 1 saturated carbocycles. The summed E-state index contributed by atoms with van der Waals surface area (Å²) in [6, 6.07) is 8.51. The fourth-order valence-corrected chi connectivity index (χ4v) is 3.23. The van der Waals surface area contributed by atoms with Gasteiger partial charge in [0, 0.05) is 0 Å². The van der Waals surface area contributed by atoms with Crippen molar-refractivity contribution in [2.45, 2.75) is 58.3 Å². The Balaban J connectivity index is 1.83. The number of benzene rings is 1. The maximum Gasteiger partial charge on any atom is 0.308 e. The Labute approximate surface area is 140 Å². The minimum Gasteiger partial charge on any atom is -0.494 e. The predicted octanol–water partition coefficient (Wildman–Crippen LogP) is 4.95. The number of rotatable bonds is 10. The first-order valence-corrected chi connectivity index (χ1v) is 9.00. The first-order valence-electron chi connectivity index (χ1n) is 9.00. The van der Waals surface area contributed by atoms with Crippen LogP contribution in [0.25, 0.3) is 0 Å². The van der Waals surface area contributed by atoms with Gasteiger partial charge in [-0.05, 0) is 55.2 Å². The van der Waals surface area contributed by atoms with Gasteiger partial charge in [0.25, 0.3) is 0 Å². The number of ether oxygens (including phenoxy) is 2. The summed E-state index contributed by atoms with van der Waals surface area (Å²) in [6.45, 7) is 5.22. The van der Waals surface area contributed by atoms with Crippen LogP contribution >= 0.6 is 0 Å². The number of carbonyl (C=O) groups excluding carboxylic acids is 1. The Morgan fingerprint density at radius 2 is 1.96 bits per heavy atom. The first kappa shape index (κ1) is 17.8. The molecule has 3 unspecified atom stereocenters. The van der Waals surface area contributed by atoms with Crippen molar-refractivity contribution in [1.29, 1.82) is 0 Å². The lowest BCUT2D eigenvalue weighted by Gasteiger charge is -2.16. The third kappa shape index (κ3) is 5.26. The van der Waals surface area contributed by atoms with Gasteiger partial charge in [-0.15, -0.1) is 0 Å². The largest absolute Gasteiger partial charge is 0.494 e. The topological polar surface area (TPSA) is 35.5 Å². The molecule has 1 aromatic rings. The van der Waals surface area contributed by atoms with E-state index in [0.717, 1.165) is 38.0 Å². The summed E-state index contributed by atoms with van der Waals surface area (Å²) in [5.41, 5.74) is 1.35. The van der Waals surface area contributed by atoms with Crippen LogP contribution in [0.5, 0.6) is 5.75 Å². The SMILES string of the molecule is CCCCCOc1ccc(C(CC)CC2CC2C(=O)OC)cc1. The van der Waals surface area contributed by atoms with E-state index in [1.54, 1.807) is 0 Å². The molecule has 0 bridgehead atoms. The number of hydrogen-bond acceptors (Lipinski definition) is 3. The molecular weight excluding hydrogens is 288 g/mol. The molecule has 0 saturated heterocycles. The molecule has 128 valence electrons. The van der Waals surface area contributed by atoms with Gasteiger partial charge >= 0.3 is 5.97 Å². The third-order valence-corrected chi connectivity index (χ3v) is 4.87. The van der Waals surface area contributed by atoms with Crippen LogP contribution in [0.2, 0.25) is 0 Å². The Bertz CT molecular complexity index is 480. The second kappa shape index (κ2) is 8.95. The molecule has 23 heavy (non-hydrogen) atoms. The van der Waals surface area contributed by atoms with Gasteiger partial charge < -0.3 is 9.47 Å². The Hall–Kier alpha value is -1.51. The van der Waals surface area contributed by atoms with Crippen LogP contribution in [0.3, 0.4) is 0 Å². The standard InChI is InChI=1S/C20H30O3/c1-4-6-7-12-23-18-10-8-16(9-11-18)15(5-2)13-17-14-19(17)20(21)22-3/h8-11,15,17,19H,4-7,12-14H2,1-3H3. The van der Waals surface area contributed by atoms with E-state index in [9.17, 15) is 4.79 Å². The molecule has 1 aliphatic carbocycles. The van der Waals surface area contributed by atoms with Crippen LogP contribution in [0.4, 0.5) is 0 Å². The van der Waals surface area contributed by atoms with Gasteiger partial charge in [0.05, 0.1) is 19.6 Å². The minimum absolute atomic E-state index is 0.0410. The highest BCUT2D eigenvalue weighted by Crippen LogP contribution is 2.46. The van der Waals surface area contributed by atoms with Crippen molar-refractivity contribution in [3.63, 3.8) is 0 Å². The van der Waals surface area contributed by atoms with Crippen molar-refractivity contribution in [1.82, 2.24) is 0 Å². The number of esters is 1. The minimum atomic E-state index is -0.0410. The fraction of sp³-hybridized carbons (Fsp3) is 0.650. The molecule has 0 aromatic heterocycles. The molecule has 3 atom stereocenters. The molecule has 0 radical (unpaired) electrons. The van der Waals surface area contributed by atoms with Gasteiger partial charge in [0.15, 0.2) is 0 Å². The average molecular weight is 318 g/mol. The van der Waals surface area contributed by atoms with E-state index in [-0.39, 0.29) is 11.9 Å². The predicted molar refractivity (Wildman–Crippen MR) is 92.7 cm³/mol. The highest BCUT2D eigenvalue weighted by atomic mass is 16.5. The Morgan fingerprint density at radius 3 is 2.57 bits per heavy atom. The molecule has 0 N–H and O–H groups in total. The summed E-state index contributed by atoms with van der Waals surface area (Å²) >= 11 is 0. The third-order valence-electron chi connectivity index (χ3n) is 4.87. The summed E-state index contributed by atoms with van der Waals surface area (Å²) in [5.74, 6) is 2.07. The fourth-order valence-electron chi connectivity index (χ4n) is 3.23. The van der Waals surface area contributed by atoms with E-state index in [4.69, 9.17) is 9.47 Å². The second-order valence-electron chi connectivity index (χ2n) is 6.59. The summed E-state index contributed by atoms with van der Waals surface area (Å²) in [5, 5.41) is 0. The lowest BCUT2D eigenvalue weighted by molar-refractivity contribution is -0.142. The number of methoxy groups -OCH3 is 1. The number of carbonyl (C=O) groups is 1. The average Bonchev–Trinajstić information content (AvgIpc) is 3.36. The lowest BCUT2D eigenvalue weighted by Crippen LogP contribution is -2.06. The molecular formula is C20H30O3. The maximum absolute atomic E-state index is 11.5. The van der Waals surface area contributed by atoms with Gasteiger partial charge in [-0.25, -0.2) is 0 Å². The van der Waals surface area contributed by atoms with Gasteiger partial charge in [-0.1, -0.05) is 38.8 Å². The lowest BCUT2D eigenvalue weighted by atomic mass is 9.90. The molecule has 1 aromatic carbocycles. The van der Waals surface area contributed by atoms with E-state index in [0.29, 0.717) is 11.8 Å². The van der Waals surface area contributed by atoms with Crippen LogP contribution in [-0.4, -0.2) is 19.7 Å². The second-order valence-corrected chi connectivity index (χ2v) is 6.59. The van der Waals surface area contributed by atoms with E-state index in [1.165, 1.54) is 25.5 Å². The van der Waals surface area contributed by atoms with Crippen LogP contribution in [0, 0.1) is 11.8 Å². The van der Waals surface area contributed by atoms with E-state index >= 15 is 0 Å². The van der Waals surface area contributed by atoms with E-state index in [1.807, 2.05) is 0 Å². The number of unbranched alkanes of at least 4 members (excludes halogenated alkanes) is 2. The quantitative estimate of drug-likeness (QED) is 0.452. The molecule has 0 spiro atoms. The highest BCUT2D eigenvalue weighted by Gasteiger charge is 2.44. The zero-order valence-corrected chi connectivity index (χ0v) is 14.7. The Morgan fingerprint density at radius 1 is 1.22 bits per heavy atom. The Kier molecular flexibility index (Phi) is 6.94. The van der Waals surface area contributed by atoms with Gasteiger partial charge in [-0.2, -0.15) is 0 Å². The molecule has 1 aliphatic rings. The molecule has 3 heteroatoms. The normalized spacial score (nSPS) is 20.8. The van der Waals surface area contributed by atoms with Gasteiger partial charge in [0.1, 0.15) is 5.75 Å². The van der Waals surface area contributed by atoms with E-state index in [2.05, 4.69) is 38.1 Å². The zero-order chi connectivity index (χ0) is 16.7. The van der Waals surface area contributed by atoms with Gasteiger partial charge in [0.2, 0.25) is 0 Å². The smallest absolute Gasteiger partial charge is 0.308 e. The molecule has 2 rings (SSSR count). The zero-order valence-electron chi connectivity index (χ0n) is 14.7. The van der Waals surface area contributed by atoms with Crippen molar-refractivity contribution < 1.29 is 14.3 Å². The molecule has 3 nitrogen and oxygen atoms in total. The molecule has 0 heterocycles. The van der Waals surface area contributed by atoms with Crippen molar-refractivity contribution in [2.24, 2.45) is 11.8 Å². The molecule has 0 aliphatic heterocycles. The summed E-state index contributed by atoms with van der Waals surface area (Å²) in [7, 11) is 1.48. The first-order chi connectivity index (χ1) is 11.2. The molecule has 1 fully saturated rings. The van der Waals surface area contributed by atoms with E-state index < -0.39 is 0 Å². The van der Waals surface area contributed by atoms with Crippen molar-refractivity contribution in [3.05, 3.63) is 29.8 Å². The highest BCUT2D eigenvalue weighted by molar-refractivity contribution is 5.75. The van der Waals surface area contributed by atoms with Crippen molar-refractivity contribution in [3.8, 4) is 5.75 Å². The number of hydrogen-bond donors (Lipinski definition) is 0. The summed E-state index contributed by atoms with van der Waals surface area (Å²) in [6.07, 6.45) is 6.72. The van der Waals surface area contributed by atoms with Gasteiger partial charge in [-0.3, -0.25) is 4.79 Å². The van der Waals surface area contributed by atoms with Crippen LogP contribution < -0.4 is 4.74 Å². The van der Waals surface area contributed by atoms with Crippen LogP contribution in [0.1, 0.15) is 63.9 Å². The van der Waals surface area contributed by atoms with Crippen molar-refractivity contribution >= 4 is 5.97 Å². The maximum atomic E-state index is 11.5.